The van der Waals surface area contributed by atoms with Gasteiger partial charge in [0.05, 0.1) is 0 Å². The van der Waals surface area contributed by atoms with Gasteiger partial charge < -0.3 is 19.5 Å². The topological polar surface area (TPSA) is 107 Å². The first-order valence-electron chi connectivity index (χ1n) is 12.7. The van der Waals surface area contributed by atoms with Gasteiger partial charge in [0, 0.05) is 37.7 Å². The summed E-state index contributed by atoms with van der Waals surface area (Å²) in [4.78, 5) is 29.7. The number of anilines is 1. The summed E-state index contributed by atoms with van der Waals surface area (Å²) in [5.41, 5.74) is 4.51. The molecule has 5 rings (SSSR count). The van der Waals surface area contributed by atoms with E-state index in [0.29, 0.717) is 27.8 Å². The van der Waals surface area contributed by atoms with E-state index in [2.05, 4.69) is 28.9 Å². The first-order chi connectivity index (χ1) is 18.2. The van der Waals surface area contributed by atoms with Crippen LogP contribution in [0.25, 0.3) is 16.7 Å². The average Bonchev–Trinajstić information content (AvgIpc) is 3.33. The largest absolute Gasteiger partial charge is 0.505 e. The monoisotopic (exact) mass is 514 g/mol. The summed E-state index contributed by atoms with van der Waals surface area (Å²) in [5, 5.41) is 20.0. The second-order valence-electron chi connectivity index (χ2n) is 9.53. The van der Waals surface area contributed by atoms with E-state index in [9.17, 15) is 14.7 Å². The Kier molecular flexibility index (Phi) is 6.52. The van der Waals surface area contributed by atoms with E-state index in [1.54, 1.807) is 31.2 Å². The van der Waals surface area contributed by atoms with Gasteiger partial charge in [0.1, 0.15) is 22.5 Å². The van der Waals surface area contributed by atoms with Gasteiger partial charge in [0.15, 0.2) is 5.92 Å². The molecule has 0 saturated carbocycles. The van der Waals surface area contributed by atoms with Gasteiger partial charge in [-0.05, 0) is 74.4 Å². The second-order valence-corrected chi connectivity index (χ2v) is 9.53. The van der Waals surface area contributed by atoms with Gasteiger partial charge in [0.2, 0.25) is 0 Å². The normalized spacial score (nSPS) is 19.3. The van der Waals surface area contributed by atoms with E-state index >= 15 is 0 Å². The van der Waals surface area contributed by atoms with E-state index < -0.39 is 23.6 Å². The minimum Gasteiger partial charge on any atom is -0.505 e. The Balaban J connectivity index is 1.38. The zero-order chi connectivity index (χ0) is 27.0. The molecule has 9 heteroatoms. The van der Waals surface area contributed by atoms with Crippen molar-refractivity contribution in [2.24, 2.45) is 5.92 Å². The third kappa shape index (κ3) is 4.55. The molecule has 0 aliphatic carbocycles. The summed E-state index contributed by atoms with van der Waals surface area (Å²) < 4.78 is 11.4. The number of rotatable bonds is 7. The third-order valence-corrected chi connectivity index (χ3v) is 6.92. The number of ether oxygens (including phenoxy) is 2. The highest BCUT2D eigenvalue weighted by molar-refractivity contribution is 5.97. The van der Waals surface area contributed by atoms with Crippen molar-refractivity contribution in [3.05, 3.63) is 77.4 Å². The number of benzene rings is 3. The lowest BCUT2D eigenvalue weighted by Crippen LogP contribution is -2.47. The average molecular weight is 515 g/mol. The molecule has 0 unspecified atom stereocenters. The van der Waals surface area contributed by atoms with Gasteiger partial charge in [-0.3, -0.25) is 9.59 Å². The molecule has 1 fully saturated rings. The SMILES string of the molecule is CCN(CC)c1ccc(C2(C)OC(=O)C(Cc3cc(C)cc(-n4nc5ccccc5n4)c3O)C(=O)O2)cc1. The van der Waals surface area contributed by atoms with Gasteiger partial charge in [-0.25, -0.2) is 0 Å². The van der Waals surface area contributed by atoms with Crippen molar-refractivity contribution in [2.75, 3.05) is 18.0 Å². The summed E-state index contributed by atoms with van der Waals surface area (Å²) in [6, 6.07) is 18.3. The maximum atomic E-state index is 13.1. The van der Waals surface area contributed by atoms with Crippen molar-refractivity contribution in [1.29, 1.82) is 0 Å². The van der Waals surface area contributed by atoms with E-state index in [1.165, 1.54) is 4.80 Å². The maximum absolute atomic E-state index is 13.1. The molecule has 0 radical (unpaired) electrons. The quantitative estimate of drug-likeness (QED) is 0.286. The zero-order valence-electron chi connectivity index (χ0n) is 21.8. The van der Waals surface area contributed by atoms with E-state index in [-0.39, 0.29) is 12.2 Å². The van der Waals surface area contributed by atoms with Crippen LogP contribution in [0.1, 0.15) is 37.5 Å². The van der Waals surface area contributed by atoms with Gasteiger partial charge in [-0.1, -0.05) is 18.2 Å². The number of phenols is 1. The molecule has 9 nitrogen and oxygen atoms in total. The van der Waals surface area contributed by atoms with Crippen molar-refractivity contribution in [3.8, 4) is 11.4 Å². The Morgan fingerprint density at radius 3 is 2.08 bits per heavy atom. The van der Waals surface area contributed by atoms with Gasteiger partial charge in [-0.15, -0.1) is 15.0 Å². The Hall–Kier alpha value is -4.40. The summed E-state index contributed by atoms with van der Waals surface area (Å²) in [6.45, 7) is 9.28. The standard InChI is InChI=1S/C29H30N4O5/c1-5-32(6-2)21-13-11-20(12-14-21)29(4)37-27(35)22(28(36)38-29)17-19-15-18(3)16-25(26(19)34)33-30-23-9-7-8-10-24(23)31-33/h7-16,22,34H,5-6,17H2,1-4H3. The molecule has 0 atom stereocenters. The predicted molar refractivity (Wildman–Crippen MR) is 142 cm³/mol. The first-order valence-corrected chi connectivity index (χ1v) is 12.7. The van der Waals surface area contributed by atoms with E-state index in [1.807, 2.05) is 43.3 Å². The molecule has 3 aromatic carbocycles. The number of phenolic OH excluding ortho intramolecular Hbond substituents is 1. The maximum Gasteiger partial charge on any atom is 0.324 e. The molecule has 38 heavy (non-hydrogen) atoms. The van der Waals surface area contributed by atoms with Gasteiger partial charge in [-0.2, -0.15) is 0 Å². The molecular formula is C29H30N4O5. The van der Waals surface area contributed by atoms with Crippen LogP contribution in [0.4, 0.5) is 5.69 Å². The lowest BCUT2D eigenvalue weighted by molar-refractivity contribution is -0.251. The Morgan fingerprint density at radius 1 is 0.947 bits per heavy atom. The van der Waals surface area contributed by atoms with Crippen molar-refractivity contribution in [2.45, 2.75) is 39.9 Å². The molecule has 0 spiro atoms. The lowest BCUT2D eigenvalue weighted by Gasteiger charge is -2.36. The van der Waals surface area contributed by atoms with Crippen molar-refractivity contribution in [1.82, 2.24) is 15.0 Å². The summed E-state index contributed by atoms with van der Waals surface area (Å²) >= 11 is 0. The molecule has 1 aromatic heterocycles. The Bertz CT molecular complexity index is 1460. The second kappa shape index (κ2) is 9.81. The number of aryl methyl sites for hydroxylation is 1. The van der Waals surface area contributed by atoms with E-state index in [0.717, 1.165) is 24.3 Å². The van der Waals surface area contributed by atoms with Crippen LogP contribution >= 0.6 is 0 Å². The number of cyclic esters (lactones) is 2. The smallest absolute Gasteiger partial charge is 0.324 e. The Morgan fingerprint density at radius 2 is 1.53 bits per heavy atom. The molecule has 1 aliphatic heterocycles. The van der Waals surface area contributed by atoms with Crippen LogP contribution in [0.3, 0.4) is 0 Å². The number of hydrogen-bond acceptors (Lipinski definition) is 8. The van der Waals surface area contributed by atoms with Gasteiger partial charge >= 0.3 is 11.9 Å². The molecule has 2 heterocycles. The highest BCUT2D eigenvalue weighted by atomic mass is 16.7. The molecular weight excluding hydrogens is 484 g/mol. The van der Waals surface area contributed by atoms with Gasteiger partial charge in [0.25, 0.3) is 5.79 Å². The lowest BCUT2D eigenvalue weighted by atomic mass is 9.95. The van der Waals surface area contributed by atoms with Crippen molar-refractivity contribution < 1.29 is 24.2 Å². The minimum atomic E-state index is -1.54. The molecule has 1 saturated heterocycles. The summed E-state index contributed by atoms with van der Waals surface area (Å²) in [5.74, 6) is -4.28. The number of aromatic hydroxyl groups is 1. The number of fused-ring (bicyclic) bond motifs is 1. The van der Waals surface area contributed by atoms with Crippen LogP contribution in [0.2, 0.25) is 0 Å². The molecule has 1 aliphatic rings. The fourth-order valence-corrected chi connectivity index (χ4v) is 4.82. The van der Waals surface area contributed by atoms with Crippen molar-refractivity contribution in [3.63, 3.8) is 0 Å². The highest BCUT2D eigenvalue weighted by Crippen LogP contribution is 2.37. The number of hydrogen-bond donors (Lipinski definition) is 1. The number of esters is 2. The molecule has 0 bridgehead atoms. The minimum absolute atomic E-state index is 0.0874. The number of nitrogens with zero attached hydrogens (tertiary/aromatic N) is 4. The number of aromatic nitrogens is 3. The van der Waals surface area contributed by atoms with Crippen LogP contribution in [0.15, 0.2) is 60.7 Å². The number of carbonyl (C=O) groups is 2. The van der Waals surface area contributed by atoms with Crippen LogP contribution in [0.5, 0.6) is 5.75 Å². The summed E-state index contributed by atoms with van der Waals surface area (Å²) in [7, 11) is 0. The van der Waals surface area contributed by atoms with Crippen molar-refractivity contribution >= 4 is 28.7 Å². The highest BCUT2D eigenvalue weighted by Gasteiger charge is 2.47. The fraction of sp³-hybridized carbons (Fsp3) is 0.310. The number of carbonyl (C=O) groups excluding carboxylic acids is 2. The van der Waals surface area contributed by atoms with E-state index in [4.69, 9.17) is 9.47 Å². The van der Waals surface area contributed by atoms with Crippen LogP contribution in [-0.2, 0) is 31.3 Å². The molecule has 1 N–H and O–H groups in total. The third-order valence-electron chi connectivity index (χ3n) is 6.92. The van der Waals surface area contributed by atoms with Crippen LogP contribution < -0.4 is 4.90 Å². The fourth-order valence-electron chi connectivity index (χ4n) is 4.82. The zero-order valence-corrected chi connectivity index (χ0v) is 21.8. The Labute approximate surface area is 220 Å². The van der Waals surface area contributed by atoms with Crippen LogP contribution in [-0.4, -0.2) is 45.1 Å². The predicted octanol–water partition coefficient (Wildman–Crippen LogP) is 4.41. The first kappa shape index (κ1) is 25.3. The molecule has 4 aromatic rings. The summed E-state index contributed by atoms with van der Waals surface area (Å²) in [6.07, 6.45) is -0.0874. The molecule has 196 valence electrons. The van der Waals surface area contributed by atoms with Crippen LogP contribution in [0, 0.1) is 12.8 Å². The molecule has 0 amide bonds.